The molecule has 0 aliphatic rings. The number of nitrogens with zero attached hydrogens (tertiary/aromatic N) is 1. The van der Waals surface area contributed by atoms with Crippen LogP contribution in [0, 0.1) is 0 Å². The van der Waals surface area contributed by atoms with E-state index >= 15 is 0 Å². The molecular formula is C24H49NO4P+. The summed E-state index contributed by atoms with van der Waals surface area (Å²) in [5, 5.41) is 8.61. The molecule has 0 aliphatic heterocycles. The van der Waals surface area contributed by atoms with Gasteiger partial charge in [-0.15, -0.1) is 0 Å². The monoisotopic (exact) mass is 446 g/mol. The van der Waals surface area contributed by atoms with Crippen LogP contribution < -0.4 is 0 Å². The Morgan fingerprint density at radius 2 is 1.17 bits per heavy atom. The van der Waals surface area contributed by atoms with Crippen LogP contribution in [0.25, 0.3) is 0 Å². The van der Waals surface area contributed by atoms with Crippen molar-refractivity contribution in [2.45, 2.75) is 102 Å². The Hall–Kier alpha value is -0.450. The summed E-state index contributed by atoms with van der Waals surface area (Å²) in [5.74, 6) is 0. The first kappa shape index (κ1) is 29.5. The van der Waals surface area contributed by atoms with Crippen molar-refractivity contribution < 1.29 is 23.9 Å². The van der Waals surface area contributed by atoms with E-state index in [0.717, 1.165) is 38.5 Å². The van der Waals surface area contributed by atoms with Gasteiger partial charge in [-0.3, -0.25) is 4.57 Å². The molecule has 0 aliphatic carbocycles. The van der Waals surface area contributed by atoms with Gasteiger partial charge in [-0.25, -0.2) is 0 Å². The van der Waals surface area contributed by atoms with Crippen LogP contribution in [0.3, 0.4) is 0 Å². The summed E-state index contributed by atoms with van der Waals surface area (Å²) in [6.07, 6.45) is 24.0. The molecule has 0 aromatic heterocycles. The molecule has 0 fully saturated rings. The predicted octanol–water partition coefficient (Wildman–Crippen LogP) is 6.15. The zero-order chi connectivity index (χ0) is 22.9. The first-order chi connectivity index (χ1) is 14.0. The second-order valence-electron chi connectivity index (χ2n) is 9.62. The fourth-order valence-corrected chi connectivity index (χ4v) is 4.75. The molecule has 1 unspecified atom stereocenters. The van der Waals surface area contributed by atoms with Crippen molar-refractivity contribution >= 4 is 7.60 Å². The van der Waals surface area contributed by atoms with Crippen molar-refractivity contribution in [1.82, 2.24) is 0 Å². The average molecular weight is 447 g/mol. The third-order valence-corrected chi connectivity index (χ3v) is 6.74. The third kappa shape index (κ3) is 16.3. The van der Waals surface area contributed by atoms with Gasteiger partial charge in [-0.1, -0.05) is 76.2 Å². The van der Waals surface area contributed by atoms with Gasteiger partial charge in [0.25, 0.3) is 0 Å². The lowest BCUT2D eigenvalue weighted by Gasteiger charge is -2.35. The molecule has 1 atom stereocenters. The van der Waals surface area contributed by atoms with Gasteiger partial charge >= 0.3 is 7.60 Å². The molecule has 0 heterocycles. The van der Waals surface area contributed by atoms with E-state index in [1.165, 1.54) is 38.5 Å². The third-order valence-electron chi connectivity index (χ3n) is 5.29. The molecule has 30 heavy (non-hydrogen) atoms. The van der Waals surface area contributed by atoms with Gasteiger partial charge < -0.3 is 19.4 Å². The van der Waals surface area contributed by atoms with Crippen LogP contribution in [0.4, 0.5) is 0 Å². The minimum atomic E-state index is -4.54. The number of aliphatic hydroxyl groups is 1. The minimum absolute atomic E-state index is 0.0579. The highest BCUT2D eigenvalue weighted by atomic mass is 31.2. The number of allylic oxidation sites excluding steroid dienone is 4. The molecule has 0 saturated heterocycles. The molecule has 0 radical (unpaired) electrons. The van der Waals surface area contributed by atoms with Crippen molar-refractivity contribution in [2.75, 3.05) is 27.7 Å². The van der Waals surface area contributed by atoms with E-state index in [0.29, 0.717) is 10.9 Å². The number of unbranched alkanes of at least 4 members (excludes halogenated alkanes) is 10. The fourth-order valence-electron chi connectivity index (χ4n) is 3.70. The zero-order valence-electron chi connectivity index (χ0n) is 20.1. The normalized spacial score (nSPS) is 15.3. The maximum absolute atomic E-state index is 11.8. The summed E-state index contributed by atoms with van der Waals surface area (Å²) >= 11 is 0. The van der Waals surface area contributed by atoms with Gasteiger partial charge in [0.2, 0.25) is 5.34 Å². The summed E-state index contributed by atoms with van der Waals surface area (Å²) in [6, 6.07) is 0. The van der Waals surface area contributed by atoms with Crippen molar-refractivity contribution in [3.63, 3.8) is 0 Å². The molecule has 178 valence electrons. The van der Waals surface area contributed by atoms with Crippen LogP contribution in [-0.2, 0) is 4.57 Å². The standard InChI is InChI=1S/C24H48NO4P/c1-5-6-7-8-9-10-11-12-13-14-15-16-17-18-19-20-21-22-24(26,30(27,28)29)23-25(2,3)4/h6-7,10-11,26H,5,8-9,12-23H2,1-4H3,(H-,27,28,29)/p+1/b7-6-,11-10-. The summed E-state index contributed by atoms with van der Waals surface area (Å²) in [4.78, 5) is 19.2. The molecule has 5 nitrogen and oxygen atoms in total. The second-order valence-corrected chi connectivity index (χ2v) is 11.5. The van der Waals surface area contributed by atoms with E-state index in [1.54, 1.807) is 0 Å². The van der Waals surface area contributed by atoms with Crippen molar-refractivity contribution in [2.24, 2.45) is 0 Å². The van der Waals surface area contributed by atoms with Gasteiger partial charge in [0, 0.05) is 0 Å². The Balaban J connectivity index is 3.68. The highest BCUT2D eigenvalue weighted by Crippen LogP contribution is 2.52. The van der Waals surface area contributed by atoms with Gasteiger partial charge in [-0.2, -0.15) is 0 Å². The molecule has 0 rings (SSSR count). The van der Waals surface area contributed by atoms with Gasteiger partial charge in [0.15, 0.2) is 0 Å². The van der Waals surface area contributed by atoms with Gasteiger partial charge in [-0.05, 0) is 44.9 Å². The van der Waals surface area contributed by atoms with Crippen LogP contribution >= 0.6 is 7.60 Å². The van der Waals surface area contributed by atoms with E-state index < -0.39 is 12.9 Å². The van der Waals surface area contributed by atoms with E-state index in [-0.39, 0.29) is 13.0 Å². The molecule has 3 N–H and O–H groups in total. The molecular weight excluding hydrogens is 397 g/mol. The maximum Gasteiger partial charge on any atom is 0.362 e. The van der Waals surface area contributed by atoms with E-state index in [9.17, 15) is 19.5 Å². The smallest absolute Gasteiger partial charge is 0.362 e. The second kappa shape index (κ2) is 16.2. The van der Waals surface area contributed by atoms with Crippen LogP contribution in [0.5, 0.6) is 0 Å². The SMILES string of the molecule is CC/C=C\CC/C=C\CCCCCCCCCCCC(O)(C[N+](C)(C)C)P(=O)(O)O. The van der Waals surface area contributed by atoms with E-state index in [2.05, 4.69) is 31.2 Å². The van der Waals surface area contributed by atoms with Crippen molar-refractivity contribution in [1.29, 1.82) is 0 Å². The van der Waals surface area contributed by atoms with Crippen molar-refractivity contribution in [3.8, 4) is 0 Å². The Kier molecular flexibility index (Phi) is 16.0. The maximum atomic E-state index is 11.8. The molecule has 0 amide bonds. The highest BCUT2D eigenvalue weighted by Gasteiger charge is 2.48. The van der Waals surface area contributed by atoms with Crippen LogP contribution in [0.15, 0.2) is 24.3 Å². The van der Waals surface area contributed by atoms with Crippen LogP contribution in [0.1, 0.15) is 96.8 Å². The topological polar surface area (TPSA) is 77.8 Å². The van der Waals surface area contributed by atoms with E-state index in [4.69, 9.17) is 0 Å². The number of quaternary nitrogens is 1. The summed E-state index contributed by atoms with van der Waals surface area (Å²) in [5.41, 5.74) is 0. The Labute approximate surface area is 186 Å². The largest absolute Gasteiger partial charge is 0.373 e. The van der Waals surface area contributed by atoms with Crippen LogP contribution in [-0.4, -0.2) is 52.4 Å². The molecule has 0 aromatic rings. The number of rotatable bonds is 19. The van der Waals surface area contributed by atoms with Crippen molar-refractivity contribution in [3.05, 3.63) is 24.3 Å². The number of hydrogen-bond donors (Lipinski definition) is 3. The molecule has 0 saturated carbocycles. The lowest BCUT2D eigenvalue weighted by molar-refractivity contribution is -0.875. The lowest BCUT2D eigenvalue weighted by Crippen LogP contribution is -2.49. The average Bonchev–Trinajstić information content (AvgIpc) is 2.62. The Morgan fingerprint density at radius 1 is 0.733 bits per heavy atom. The van der Waals surface area contributed by atoms with Crippen LogP contribution in [0.2, 0.25) is 0 Å². The minimum Gasteiger partial charge on any atom is -0.373 e. The highest BCUT2D eigenvalue weighted by molar-refractivity contribution is 7.53. The Bertz CT molecular complexity index is 522. The lowest BCUT2D eigenvalue weighted by atomic mass is 10.0. The summed E-state index contributed by atoms with van der Waals surface area (Å²) in [7, 11) is 0.966. The van der Waals surface area contributed by atoms with E-state index in [1.807, 2.05) is 21.1 Å². The quantitative estimate of drug-likeness (QED) is 0.0962. The summed E-state index contributed by atoms with van der Waals surface area (Å²) in [6.45, 7) is 2.22. The first-order valence-electron chi connectivity index (χ1n) is 11.9. The summed E-state index contributed by atoms with van der Waals surface area (Å²) < 4.78 is 12.1. The zero-order valence-corrected chi connectivity index (χ0v) is 21.0. The molecule has 6 heteroatoms. The fraction of sp³-hybridized carbons (Fsp3) is 0.833. The number of hydrogen-bond acceptors (Lipinski definition) is 2. The molecule has 0 aromatic carbocycles. The number of likely N-dealkylation sites (N-methyl/N-ethyl adjacent to an activating group) is 1. The predicted molar refractivity (Wildman–Crippen MR) is 128 cm³/mol. The molecule has 0 bridgehead atoms. The molecule has 0 spiro atoms. The first-order valence-corrected chi connectivity index (χ1v) is 13.5. The Morgan fingerprint density at radius 3 is 1.63 bits per heavy atom. The van der Waals surface area contributed by atoms with Gasteiger partial charge in [0.05, 0.1) is 21.1 Å². The van der Waals surface area contributed by atoms with Gasteiger partial charge in [0.1, 0.15) is 6.54 Å².